The van der Waals surface area contributed by atoms with Crippen LogP contribution in [0.25, 0.3) is 0 Å². The number of amides is 1. The molecule has 2 heterocycles. The quantitative estimate of drug-likeness (QED) is 0.826. The zero-order valence-electron chi connectivity index (χ0n) is 14.2. The third-order valence-electron chi connectivity index (χ3n) is 4.89. The summed E-state index contributed by atoms with van der Waals surface area (Å²) in [6, 6.07) is 2.86. The van der Waals surface area contributed by atoms with E-state index in [-0.39, 0.29) is 30.7 Å². The minimum atomic E-state index is 0. The van der Waals surface area contributed by atoms with E-state index >= 15 is 0 Å². The fourth-order valence-corrected chi connectivity index (χ4v) is 3.67. The standard InChI is InChI=1S/C16H27N5O.2ClH/c1-17-13-5-4-10-20(11-13)12-16(22)19-15-8-9-18-21(15)14-6-2-3-7-14;;/h8-9,13-14,17H,2-7,10-12H2,1H3,(H,19,22);2*1H. The lowest BCUT2D eigenvalue weighted by Gasteiger charge is -2.31. The molecule has 0 radical (unpaired) electrons. The summed E-state index contributed by atoms with van der Waals surface area (Å²) < 4.78 is 2.00. The number of likely N-dealkylation sites (N-methyl/N-ethyl adjacent to an activating group) is 1. The molecule has 1 aliphatic carbocycles. The first-order chi connectivity index (χ1) is 10.8. The predicted molar refractivity (Wildman–Crippen MR) is 101 cm³/mol. The first-order valence-corrected chi connectivity index (χ1v) is 8.49. The van der Waals surface area contributed by atoms with Crippen LogP contribution in [0.2, 0.25) is 0 Å². The highest BCUT2D eigenvalue weighted by Crippen LogP contribution is 2.31. The van der Waals surface area contributed by atoms with Crippen molar-refractivity contribution in [1.82, 2.24) is 20.0 Å². The molecule has 8 heteroatoms. The largest absolute Gasteiger partial charge is 0.316 e. The average molecular weight is 378 g/mol. The molecule has 1 saturated carbocycles. The molecule has 1 atom stereocenters. The SMILES string of the molecule is CNC1CCCN(CC(=O)Nc2ccnn2C2CCCC2)C1.Cl.Cl. The number of rotatable bonds is 5. The first kappa shape index (κ1) is 21.2. The van der Waals surface area contributed by atoms with Crippen molar-refractivity contribution in [2.75, 3.05) is 32.0 Å². The van der Waals surface area contributed by atoms with Gasteiger partial charge in [0.05, 0.1) is 18.8 Å². The second kappa shape index (κ2) is 10.2. The van der Waals surface area contributed by atoms with Crippen molar-refractivity contribution < 1.29 is 4.79 Å². The van der Waals surface area contributed by atoms with E-state index in [2.05, 4.69) is 20.6 Å². The van der Waals surface area contributed by atoms with Crippen LogP contribution in [0.3, 0.4) is 0 Å². The minimum Gasteiger partial charge on any atom is -0.316 e. The van der Waals surface area contributed by atoms with Crippen molar-refractivity contribution in [2.45, 2.75) is 50.6 Å². The van der Waals surface area contributed by atoms with Crippen molar-refractivity contribution >= 4 is 36.5 Å². The van der Waals surface area contributed by atoms with Crippen LogP contribution in [0.1, 0.15) is 44.6 Å². The summed E-state index contributed by atoms with van der Waals surface area (Å²) in [5, 5.41) is 10.8. The summed E-state index contributed by atoms with van der Waals surface area (Å²) in [5.74, 6) is 0.913. The van der Waals surface area contributed by atoms with Gasteiger partial charge in [0, 0.05) is 18.7 Å². The van der Waals surface area contributed by atoms with Crippen molar-refractivity contribution in [3.63, 3.8) is 0 Å². The second-order valence-electron chi connectivity index (χ2n) is 6.51. The molecule has 1 aliphatic heterocycles. The topological polar surface area (TPSA) is 62.2 Å². The Kier molecular flexibility index (Phi) is 9.05. The van der Waals surface area contributed by atoms with E-state index in [1.54, 1.807) is 6.20 Å². The highest BCUT2D eigenvalue weighted by molar-refractivity contribution is 5.91. The molecule has 6 nitrogen and oxygen atoms in total. The lowest BCUT2D eigenvalue weighted by atomic mass is 10.1. The lowest BCUT2D eigenvalue weighted by molar-refractivity contribution is -0.117. The van der Waals surface area contributed by atoms with Gasteiger partial charge in [-0.15, -0.1) is 24.8 Å². The van der Waals surface area contributed by atoms with Crippen LogP contribution in [0.5, 0.6) is 0 Å². The van der Waals surface area contributed by atoms with E-state index in [1.165, 1.54) is 32.1 Å². The van der Waals surface area contributed by atoms with E-state index in [0.717, 1.165) is 25.3 Å². The van der Waals surface area contributed by atoms with Gasteiger partial charge in [-0.25, -0.2) is 4.68 Å². The van der Waals surface area contributed by atoms with Crippen LogP contribution in [-0.4, -0.2) is 53.3 Å². The summed E-state index contributed by atoms with van der Waals surface area (Å²) in [7, 11) is 1.99. The summed E-state index contributed by atoms with van der Waals surface area (Å²) >= 11 is 0. The summed E-state index contributed by atoms with van der Waals surface area (Å²) in [6.45, 7) is 2.42. The van der Waals surface area contributed by atoms with E-state index < -0.39 is 0 Å². The molecule has 0 spiro atoms. The van der Waals surface area contributed by atoms with Gasteiger partial charge >= 0.3 is 0 Å². The maximum atomic E-state index is 12.3. The number of carbonyl (C=O) groups is 1. The van der Waals surface area contributed by atoms with E-state index in [0.29, 0.717) is 18.6 Å². The third-order valence-corrected chi connectivity index (χ3v) is 4.89. The van der Waals surface area contributed by atoms with Crippen LogP contribution in [0, 0.1) is 0 Å². The molecular formula is C16H29Cl2N5O. The van der Waals surface area contributed by atoms with Crippen LogP contribution < -0.4 is 10.6 Å². The Hall–Kier alpha value is -0.820. The lowest BCUT2D eigenvalue weighted by Crippen LogP contribution is -2.47. The van der Waals surface area contributed by atoms with Crippen molar-refractivity contribution in [2.24, 2.45) is 0 Å². The number of nitrogens with one attached hydrogen (secondary N) is 2. The highest BCUT2D eigenvalue weighted by atomic mass is 35.5. The number of aromatic nitrogens is 2. The van der Waals surface area contributed by atoms with Gasteiger partial charge in [-0.1, -0.05) is 12.8 Å². The van der Waals surface area contributed by atoms with Gasteiger partial charge in [-0.05, 0) is 39.3 Å². The number of piperidine rings is 1. The molecule has 1 aromatic rings. The number of halogens is 2. The summed E-state index contributed by atoms with van der Waals surface area (Å²) in [5.41, 5.74) is 0. The molecule has 24 heavy (non-hydrogen) atoms. The number of hydrogen-bond donors (Lipinski definition) is 2. The number of nitrogens with zero attached hydrogens (tertiary/aromatic N) is 3. The predicted octanol–water partition coefficient (Wildman–Crippen LogP) is 2.46. The average Bonchev–Trinajstić information content (AvgIpc) is 3.18. The van der Waals surface area contributed by atoms with Gasteiger partial charge in [0.1, 0.15) is 5.82 Å². The maximum Gasteiger partial charge on any atom is 0.239 e. The molecule has 1 aromatic heterocycles. The Morgan fingerprint density at radius 1 is 1.25 bits per heavy atom. The van der Waals surface area contributed by atoms with Crippen molar-refractivity contribution in [1.29, 1.82) is 0 Å². The minimum absolute atomic E-state index is 0. The zero-order chi connectivity index (χ0) is 15.4. The zero-order valence-corrected chi connectivity index (χ0v) is 15.9. The summed E-state index contributed by atoms with van der Waals surface area (Å²) in [6.07, 6.45) is 8.99. The van der Waals surface area contributed by atoms with Crippen molar-refractivity contribution in [3.8, 4) is 0 Å². The van der Waals surface area contributed by atoms with Crippen LogP contribution in [0.15, 0.2) is 12.3 Å². The molecule has 2 aliphatic rings. The molecule has 2 N–H and O–H groups in total. The fraction of sp³-hybridized carbons (Fsp3) is 0.750. The fourth-order valence-electron chi connectivity index (χ4n) is 3.67. The normalized spacial score (nSPS) is 21.8. The smallest absolute Gasteiger partial charge is 0.239 e. The second-order valence-corrected chi connectivity index (χ2v) is 6.51. The van der Waals surface area contributed by atoms with Gasteiger partial charge in [-0.2, -0.15) is 5.10 Å². The molecule has 2 fully saturated rings. The molecular weight excluding hydrogens is 349 g/mol. The molecule has 1 saturated heterocycles. The third kappa shape index (κ3) is 5.34. The Bertz CT molecular complexity index is 504. The van der Waals surface area contributed by atoms with E-state index in [4.69, 9.17) is 0 Å². The maximum absolute atomic E-state index is 12.3. The Labute approximate surface area is 156 Å². The van der Waals surface area contributed by atoms with E-state index in [1.807, 2.05) is 17.8 Å². The Morgan fingerprint density at radius 3 is 2.71 bits per heavy atom. The molecule has 1 unspecified atom stereocenters. The molecule has 1 amide bonds. The monoisotopic (exact) mass is 377 g/mol. The van der Waals surface area contributed by atoms with Gasteiger partial charge < -0.3 is 10.6 Å². The number of hydrogen-bond acceptors (Lipinski definition) is 4. The Morgan fingerprint density at radius 2 is 2.00 bits per heavy atom. The number of likely N-dealkylation sites (tertiary alicyclic amines) is 1. The van der Waals surface area contributed by atoms with Gasteiger partial charge in [0.15, 0.2) is 0 Å². The number of anilines is 1. The van der Waals surface area contributed by atoms with Crippen LogP contribution in [-0.2, 0) is 4.79 Å². The van der Waals surface area contributed by atoms with Crippen LogP contribution >= 0.6 is 24.8 Å². The number of carbonyl (C=O) groups excluding carboxylic acids is 1. The molecule has 138 valence electrons. The van der Waals surface area contributed by atoms with Gasteiger partial charge in [-0.3, -0.25) is 9.69 Å². The molecule has 3 rings (SSSR count). The summed E-state index contributed by atoms with van der Waals surface area (Å²) in [4.78, 5) is 14.6. The first-order valence-electron chi connectivity index (χ1n) is 8.49. The molecule has 0 aromatic carbocycles. The van der Waals surface area contributed by atoms with E-state index in [9.17, 15) is 4.79 Å². The van der Waals surface area contributed by atoms with Gasteiger partial charge in [0.2, 0.25) is 5.91 Å². The van der Waals surface area contributed by atoms with Gasteiger partial charge in [0.25, 0.3) is 0 Å². The Balaban J connectivity index is 0.00000144. The van der Waals surface area contributed by atoms with Crippen molar-refractivity contribution in [3.05, 3.63) is 12.3 Å². The highest BCUT2D eigenvalue weighted by Gasteiger charge is 2.23. The molecule has 0 bridgehead atoms. The van der Waals surface area contributed by atoms with Crippen LogP contribution in [0.4, 0.5) is 5.82 Å².